The van der Waals surface area contributed by atoms with Gasteiger partial charge in [0.15, 0.2) is 23.2 Å². The lowest BCUT2D eigenvalue weighted by Gasteiger charge is -2.27. The van der Waals surface area contributed by atoms with E-state index in [1.165, 1.54) is 24.3 Å². The molecule has 0 radical (unpaired) electrons. The van der Waals surface area contributed by atoms with Crippen molar-refractivity contribution in [3.05, 3.63) is 90.0 Å². The molecule has 1 aliphatic heterocycles. The van der Waals surface area contributed by atoms with Crippen LogP contribution in [0.1, 0.15) is 31.2 Å². The molecule has 3 aromatic carbocycles. The average molecular weight is 456 g/mol. The molecule has 0 aliphatic carbocycles. The fraction of sp³-hybridized carbons (Fsp3) is 0.259. The van der Waals surface area contributed by atoms with E-state index in [2.05, 4.69) is 6.58 Å². The molecule has 0 N–H and O–H groups in total. The molecule has 4 rings (SSSR count). The molecule has 0 spiro atoms. The highest BCUT2D eigenvalue weighted by atomic mass is 19.2. The van der Waals surface area contributed by atoms with E-state index < -0.39 is 23.3 Å². The van der Waals surface area contributed by atoms with Gasteiger partial charge in [0, 0.05) is 22.6 Å². The Morgan fingerprint density at radius 2 is 1.45 bits per heavy atom. The number of benzene rings is 3. The number of hydrogen-bond donors (Lipinski definition) is 0. The molecular formula is C27H24F4O2. The summed E-state index contributed by atoms with van der Waals surface area (Å²) < 4.78 is 69.4. The summed E-state index contributed by atoms with van der Waals surface area (Å²) in [6, 6.07) is 12.2. The van der Waals surface area contributed by atoms with Gasteiger partial charge >= 0.3 is 0 Å². The van der Waals surface area contributed by atoms with Crippen LogP contribution < -0.4 is 4.74 Å². The standard InChI is InChI=1S/C27H24F4O2/c1-3-19-10-9-18(15-33-19)16-5-7-17(8-6-16)20-11-12-21(25(29)24(20)28)22-13-14-23(32-4-2)27(31)26(22)30/h3,5-8,11-14,18-19H,1,4,9-10,15H2,2H3. The van der Waals surface area contributed by atoms with Gasteiger partial charge < -0.3 is 9.47 Å². The third-order valence-corrected chi connectivity index (χ3v) is 5.99. The summed E-state index contributed by atoms with van der Waals surface area (Å²) in [6.45, 7) is 6.11. The summed E-state index contributed by atoms with van der Waals surface area (Å²) in [5.74, 6) is -4.93. The fourth-order valence-electron chi connectivity index (χ4n) is 4.14. The molecule has 2 unspecified atom stereocenters. The van der Waals surface area contributed by atoms with Crippen LogP contribution in [0, 0.1) is 23.3 Å². The number of ether oxygens (including phenoxy) is 2. The van der Waals surface area contributed by atoms with Gasteiger partial charge in [0.05, 0.1) is 19.3 Å². The predicted molar refractivity (Wildman–Crippen MR) is 120 cm³/mol. The Kier molecular flexibility index (Phi) is 6.84. The fourth-order valence-corrected chi connectivity index (χ4v) is 4.14. The van der Waals surface area contributed by atoms with Crippen LogP contribution >= 0.6 is 0 Å². The maximum atomic E-state index is 15.0. The molecule has 0 saturated carbocycles. The Morgan fingerprint density at radius 3 is 2.06 bits per heavy atom. The second-order valence-electron chi connectivity index (χ2n) is 7.96. The summed E-state index contributed by atoms with van der Waals surface area (Å²) in [6.07, 6.45) is 3.72. The van der Waals surface area contributed by atoms with Crippen molar-refractivity contribution in [1.82, 2.24) is 0 Å². The summed E-state index contributed by atoms with van der Waals surface area (Å²) in [7, 11) is 0. The summed E-state index contributed by atoms with van der Waals surface area (Å²) in [5.41, 5.74) is 0.862. The van der Waals surface area contributed by atoms with Crippen LogP contribution in [0.4, 0.5) is 17.6 Å². The van der Waals surface area contributed by atoms with Crippen LogP contribution in [0.25, 0.3) is 22.3 Å². The SMILES string of the molecule is C=CC1CCC(c2ccc(-c3ccc(-c4ccc(OCC)c(F)c4F)c(F)c3F)cc2)CO1. The van der Waals surface area contributed by atoms with E-state index >= 15 is 0 Å². The van der Waals surface area contributed by atoms with Crippen molar-refractivity contribution in [3.8, 4) is 28.0 Å². The van der Waals surface area contributed by atoms with Crippen LogP contribution in [0.2, 0.25) is 0 Å². The lowest BCUT2D eigenvalue weighted by atomic mass is 9.90. The molecule has 1 aliphatic rings. The third-order valence-electron chi connectivity index (χ3n) is 5.99. The van der Waals surface area contributed by atoms with Crippen LogP contribution in [-0.2, 0) is 4.74 Å². The van der Waals surface area contributed by atoms with E-state index in [1.807, 2.05) is 12.1 Å². The minimum Gasteiger partial charge on any atom is -0.491 e. The normalized spacial score (nSPS) is 18.2. The molecule has 0 bridgehead atoms. The van der Waals surface area contributed by atoms with Crippen molar-refractivity contribution in [3.63, 3.8) is 0 Å². The molecule has 6 heteroatoms. The molecular weight excluding hydrogens is 432 g/mol. The largest absolute Gasteiger partial charge is 0.491 e. The molecule has 1 saturated heterocycles. The minimum absolute atomic E-state index is 0.0428. The van der Waals surface area contributed by atoms with E-state index in [9.17, 15) is 17.6 Å². The van der Waals surface area contributed by atoms with Gasteiger partial charge in [-0.25, -0.2) is 13.2 Å². The summed E-state index contributed by atoms with van der Waals surface area (Å²) in [5, 5.41) is 0. The van der Waals surface area contributed by atoms with Crippen LogP contribution in [0.15, 0.2) is 61.2 Å². The van der Waals surface area contributed by atoms with Crippen LogP contribution in [-0.4, -0.2) is 19.3 Å². The van der Waals surface area contributed by atoms with Crippen molar-refractivity contribution in [2.75, 3.05) is 13.2 Å². The van der Waals surface area contributed by atoms with Crippen molar-refractivity contribution >= 4 is 0 Å². The summed E-state index contributed by atoms with van der Waals surface area (Å²) >= 11 is 0. The van der Waals surface area contributed by atoms with Crippen molar-refractivity contribution < 1.29 is 27.0 Å². The van der Waals surface area contributed by atoms with Gasteiger partial charge in [0.25, 0.3) is 0 Å². The molecule has 2 nitrogen and oxygen atoms in total. The van der Waals surface area contributed by atoms with Gasteiger partial charge in [-0.05, 0) is 43.0 Å². The first-order valence-electron chi connectivity index (χ1n) is 10.9. The zero-order chi connectivity index (χ0) is 23.5. The first-order chi connectivity index (χ1) is 15.9. The maximum Gasteiger partial charge on any atom is 0.201 e. The van der Waals surface area contributed by atoms with Crippen molar-refractivity contribution in [1.29, 1.82) is 0 Å². The minimum atomic E-state index is -1.29. The Hall–Kier alpha value is -3.12. The predicted octanol–water partition coefficient (Wildman–Crippen LogP) is 7.42. The van der Waals surface area contributed by atoms with Crippen molar-refractivity contribution in [2.45, 2.75) is 31.8 Å². The van der Waals surface area contributed by atoms with Crippen molar-refractivity contribution in [2.24, 2.45) is 0 Å². The molecule has 3 aromatic rings. The molecule has 33 heavy (non-hydrogen) atoms. The quantitative estimate of drug-likeness (QED) is 0.284. The maximum absolute atomic E-state index is 15.0. The van der Waals surface area contributed by atoms with E-state index in [4.69, 9.17) is 9.47 Å². The molecule has 1 fully saturated rings. The number of halogens is 4. The second-order valence-corrected chi connectivity index (χ2v) is 7.96. The highest BCUT2D eigenvalue weighted by Gasteiger charge is 2.23. The Labute approximate surface area is 190 Å². The summed E-state index contributed by atoms with van der Waals surface area (Å²) in [4.78, 5) is 0. The first kappa shape index (κ1) is 23.1. The Morgan fingerprint density at radius 1 is 0.848 bits per heavy atom. The molecule has 0 amide bonds. The second kappa shape index (κ2) is 9.79. The lowest BCUT2D eigenvalue weighted by Crippen LogP contribution is -2.22. The number of rotatable bonds is 6. The number of hydrogen-bond acceptors (Lipinski definition) is 2. The van der Waals surface area contributed by atoms with Crippen LogP contribution in [0.5, 0.6) is 5.75 Å². The smallest absolute Gasteiger partial charge is 0.201 e. The molecule has 2 atom stereocenters. The van der Waals surface area contributed by atoms with Gasteiger partial charge in [-0.1, -0.05) is 42.5 Å². The third kappa shape index (κ3) is 4.53. The Bertz CT molecular complexity index is 1150. The monoisotopic (exact) mass is 456 g/mol. The van der Waals surface area contributed by atoms with Gasteiger partial charge in [-0.15, -0.1) is 6.58 Å². The zero-order valence-electron chi connectivity index (χ0n) is 18.2. The highest BCUT2D eigenvalue weighted by molar-refractivity contribution is 5.72. The van der Waals surface area contributed by atoms with E-state index in [0.29, 0.717) is 12.2 Å². The van der Waals surface area contributed by atoms with E-state index in [0.717, 1.165) is 18.4 Å². The van der Waals surface area contributed by atoms with Gasteiger partial charge in [-0.2, -0.15) is 4.39 Å². The Balaban J connectivity index is 1.61. The lowest BCUT2D eigenvalue weighted by molar-refractivity contribution is 0.0329. The average Bonchev–Trinajstić information content (AvgIpc) is 2.85. The first-order valence-corrected chi connectivity index (χ1v) is 10.9. The molecule has 1 heterocycles. The zero-order valence-corrected chi connectivity index (χ0v) is 18.2. The van der Waals surface area contributed by atoms with E-state index in [1.54, 1.807) is 25.1 Å². The topological polar surface area (TPSA) is 18.5 Å². The van der Waals surface area contributed by atoms with Gasteiger partial charge in [0.2, 0.25) is 5.82 Å². The van der Waals surface area contributed by atoms with Gasteiger partial charge in [-0.3, -0.25) is 0 Å². The van der Waals surface area contributed by atoms with Gasteiger partial charge in [0.1, 0.15) is 0 Å². The van der Waals surface area contributed by atoms with Crippen LogP contribution in [0.3, 0.4) is 0 Å². The molecule has 0 aromatic heterocycles. The molecule has 172 valence electrons. The highest BCUT2D eigenvalue weighted by Crippen LogP contribution is 2.36. The van der Waals surface area contributed by atoms with E-state index in [-0.39, 0.29) is 41.1 Å².